The van der Waals surface area contributed by atoms with Crippen LogP contribution in [-0.4, -0.2) is 14.2 Å². The second-order valence-corrected chi connectivity index (χ2v) is 2.99. The Labute approximate surface area is 84.8 Å². The van der Waals surface area contributed by atoms with E-state index in [2.05, 4.69) is 15.9 Å². The van der Waals surface area contributed by atoms with E-state index in [-0.39, 0.29) is 5.75 Å². The Morgan fingerprint density at radius 3 is 2.31 bits per heavy atom. The highest BCUT2D eigenvalue weighted by Gasteiger charge is 2.09. The molecule has 0 spiro atoms. The Morgan fingerprint density at radius 2 is 1.85 bits per heavy atom. The van der Waals surface area contributed by atoms with Gasteiger partial charge in [0, 0.05) is 17.0 Å². The minimum atomic E-state index is -0.413. The number of benzene rings is 1. The molecule has 1 rings (SSSR count). The van der Waals surface area contributed by atoms with Crippen molar-refractivity contribution in [3.63, 3.8) is 0 Å². The largest absolute Gasteiger partial charge is 0.496 e. The minimum Gasteiger partial charge on any atom is -0.496 e. The van der Waals surface area contributed by atoms with Crippen LogP contribution in [0.2, 0.25) is 0 Å². The first-order valence-corrected chi connectivity index (χ1v) is 4.81. The molecule has 0 fully saturated rings. The second kappa shape index (κ2) is 4.46. The predicted octanol–water partition coefficient (Wildman–Crippen LogP) is 2.74. The molecule has 0 amide bonds. The fraction of sp³-hybridized carbons (Fsp3) is 0.333. The van der Waals surface area contributed by atoms with E-state index in [0.29, 0.717) is 11.1 Å². The van der Waals surface area contributed by atoms with Crippen LogP contribution in [-0.2, 0) is 5.33 Å². The van der Waals surface area contributed by atoms with E-state index < -0.39 is 5.82 Å². The SMILES string of the molecule is COc1cc(CBr)c(OC)cc1F. The molecule has 0 aromatic heterocycles. The van der Waals surface area contributed by atoms with Crippen molar-refractivity contribution < 1.29 is 13.9 Å². The summed E-state index contributed by atoms with van der Waals surface area (Å²) >= 11 is 3.28. The topological polar surface area (TPSA) is 18.5 Å². The van der Waals surface area contributed by atoms with Crippen LogP contribution < -0.4 is 9.47 Å². The number of hydrogen-bond acceptors (Lipinski definition) is 2. The van der Waals surface area contributed by atoms with Crippen LogP contribution in [0.5, 0.6) is 11.5 Å². The van der Waals surface area contributed by atoms with Gasteiger partial charge in [0.15, 0.2) is 11.6 Å². The molecule has 0 atom stereocenters. The first-order chi connectivity index (χ1) is 6.22. The fourth-order valence-corrected chi connectivity index (χ4v) is 1.47. The third kappa shape index (κ3) is 2.12. The molecule has 0 N–H and O–H groups in total. The monoisotopic (exact) mass is 248 g/mol. The van der Waals surface area contributed by atoms with Crippen LogP contribution >= 0.6 is 15.9 Å². The van der Waals surface area contributed by atoms with Crippen LogP contribution in [0.4, 0.5) is 4.39 Å². The van der Waals surface area contributed by atoms with Gasteiger partial charge in [-0.3, -0.25) is 0 Å². The summed E-state index contributed by atoms with van der Waals surface area (Å²) in [6.07, 6.45) is 0. The lowest BCUT2D eigenvalue weighted by molar-refractivity contribution is 0.375. The molecule has 0 radical (unpaired) electrons. The van der Waals surface area contributed by atoms with E-state index >= 15 is 0 Å². The van der Waals surface area contributed by atoms with Crippen molar-refractivity contribution in [3.05, 3.63) is 23.5 Å². The molecule has 72 valence electrons. The van der Waals surface area contributed by atoms with Crippen LogP contribution in [0, 0.1) is 5.82 Å². The molecule has 0 aliphatic heterocycles. The van der Waals surface area contributed by atoms with Crippen molar-refractivity contribution >= 4 is 15.9 Å². The molecule has 4 heteroatoms. The second-order valence-electron chi connectivity index (χ2n) is 2.43. The molecule has 1 aromatic rings. The molecular weight excluding hydrogens is 239 g/mol. The van der Waals surface area contributed by atoms with Crippen LogP contribution in [0.1, 0.15) is 5.56 Å². The molecule has 0 unspecified atom stereocenters. The molecule has 13 heavy (non-hydrogen) atoms. The maximum atomic E-state index is 13.1. The zero-order chi connectivity index (χ0) is 9.84. The predicted molar refractivity (Wildman–Crippen MR) is 52.1 cm³/mol. The van der Waals surface area contributed by atoms with E-state index in [1.54, 1.807) is 6.07 Å². The smallest absolute Gasteiger partial charge is 0.168 e. The summed E-state index contributed by atoms with van der Waals surface area (Å²) in [5, 5.41) is 0.604. The molecule has 0 aliphatic carbocycles. The van der Waals surface area contributed by atoms with Crippen LogP contribution in [0.15, 0.2) is 12.1 Å². The van der Waals surface area contributed by atoms with Crippen molar-refractivity contribution in [2.75, 3.05) is 14.2 Å². The van der Waals surface area contributed by atoms with Crippen LogP contribution in [0.25, 0.3) is 0 Å². The molecule has 0 bridgehead atoms. The molecule has 0 heterocycles. The number of rotatable bonds is 3. The lowest BCUT2D eigenvalue weighted by atomic mass is 10.2. The third-order valence-electron chi connectivity index (χ3n) is 1.70. The molecule has 1 aromatic carbocycles. The lowest BCUT2D eigenvalue weighted by Gasteiger charge is -2.08. The van der Waals surface area contributed by atoms with Crippen LogP contribution in [0.3, 0.4) is 0 Å². The Balaban J connectivity index is 3.18. The van der Waals surface area contributed by atoms with E-state index in [9.17, 15) is 4.39 Å². The van der Waals surface area contributed by atoms with Gasteiger partial charge in [0.25, 0.3) is 0 Å². The van der Waals surface area contributed by atoms with Gasteiger partial charge in [0.1, 0.15) is 5.75 Å². The standard InChI is InChI=1S/C9H10BrFO2/c1-12-8-4-7(11)9(13-2)3-6(8)5-10/h3-4H,5H2,1-2H3. The fourth-order valence-electron chi connectivity index (χ4n) is 1.03. The third-order valence-corrected chi connectivity index (χ3v) is 2.30. The number of alkyl halides is 1. The van der Waals surface area contributed by atoms with Crippen molar-refractivity contribution in [1.82, 2.24) is 0 Å². The summed E-state index contributed by atoms with van der Waals surface area (Å²) in [5.41, 5.74) is 0.862. The highest BCUT2D eigenvalue weighted by atomic mass is 79.9. The van der Waals surface area contributed by atoms with Gasteiger partial charge in [-0.05, 0) is 6.07 Å². The quantitative estimate of drug-likeness (QED) is 0.767. The van der Waals surface area contributed by atoms with Gasteiger partial charge < -0.3 is 9.47 Å². The highest BCUT2D eigenvalue weighted by molar-refractivity contribution is 9.08. The lowest BCUT2D eigenvalue weighted by Crippen LogP contribution is -1.94. The summed E-state index contributed by atoms with van der Waals surface area (Å²) < 4.78 is 23.0. The van der Waals surface area contributed by atoms with Crippen molar-refractivity contribution in [3.8, 4) is 11.5 Å². The number of hydrogen-bond donors (Lipinski definition) is 0. The average Bonchev–Trinajstić information content (AvgIpc) is 2.17. The maximum Gasteiger partial charge on any atom is 0.168 e. The molecular formula is C9H10BrFO2. The summed E-state index contributed by atoms with van der Waals surface area (Å²) in [7, 11) is 2.94. The number of ether oxygens (including phenoxy) is 2. The summed E-state index contributed by atoms with van der Waals surface area (Å²) in [6.45, 7) is 0. The van der Waals surface area contributed by atoms with Gasteiger partial charge in [-0.2, -0.15) is 0 Å². The van der Waals surface area contributed by atoms with E-state index in [4.69, 9.17) is 9.47 Å². The molecule has 0 saturated carbocycles. The number of halogens is 2. The normalized spacial score (nSPS) is 9.85. The molecule has 0 saturated heterocycles. The van der Waals surface area contributed by atoms with Crippen molar-refractivity contribution in [2.45, 2.75) is 5.33 Å². The molecule has 2 nitrogen and oxygen atoms in total. The van der Waals surface area contributed by atoms with Crippen molar-refractivity contribution in [2.24, 2.45) is 0 Å². The Hall–Kier alpha value is -0.770. The van der Waals surface area contributed by atoms with Gasteiger partial charge in [-0.15, -0.1) is 0 Å². The first kappa shape index (κ1) is 10.3. The van der Waals surface area contributed by atoms with Gasteiger partial charge in [0.05, 0.1) is 14.2 Å². The highest BCUT2D eigenvalue weighted by Crippen LogP contribution is 2.28. The van der Waals surface area contributed by atoms with E-state index in [1.807, 2.05) is 0 Å². The van der Waals surface area contributed by atoms with E-state index in [0.717, 1.165) is 5.56 Å². The summed E-state index contributed by atoms with van der Waals surface area (Å²) in [6, 6.07) is 2.93. The summed E-state index contributed by atoms with van der Waals surface area (Å²) in [5.74, 6) is 0.342. The Kier molecular flexibility index (Phi) is 3.54. The Morgan fingerprint density at radius 1 is 1.23 bits per heavy atom. The Bertz CT molecular complexity index is 302. The zero-order valence-electron chi connectivity index (χ0n) is 7.43. The minimum absolute atomic E-state index is 0.232. The van der Waals surface area contributed by atoms with Gasteiger partial charge >= 0.3 is 0 Å². The van der Waals surface area contributed by atoms with Crippen molar-refractivity contribution in [1.29, 1.82) is 0 Å². The van der Waals surface area contributed by atoms with Gasteiger partial charge in [-0.25, -0.2) is 4.39 Å². The van der Waals surface area contributed by atoms with E-state index in [1.165, 1.54) is 20.3 Å². The first-order valence-electron chi connectivity index (χ1n) is 3.69. The maximum absolute atomic E-state index is 13.1. The average molecular weight is 249 g/mol. The molecule has 0 aliphatic rings. The summed E-state index contributed by atoms with van der Waals surface area (Å²) in [4.78, 5) is 0. The number of methoxy groups -OCH3 is 2. The van der Waals surface area contributed by atoms with Gasteiger partial charge in [0.2, 0.25) is 0 Å². The zero-order valence-corrected chi connectivity index (χ0v) is 9.02. The van der Waals surface area contributed by atoms with Gasteiger partial charge in [-0.1, -0.05) is 15.9 Å².